The molecule has 0 saturated carbocycles. The molecule has 4 rings (SSSR count). The van der Waals surface area contributed by atoms with Gasteiger partial charge in [-0.2, -0.15) is 0 Å². The molecule has 0 bridgehead atoms. The summed E-state index contributed by atoms with van der Waals surface area (Å²) in [4.78, 5) is 0. The highest BCUT2D eigenvalue weighted by Crippen LogP contribution is 2.49. The standard InChI is InChI=1S/C21H20NOP/c23-24(20-11-3-1-4-12-20,21-13-5-2-6-14-21)22-16-15-18-9-7-8-10-19(18)17-22/h1-14H,15-17H2. The van der Waals surface area contributed by atoms with Crippen LogP contribution in [0.1, 0.15) is 11.1 Å². The van der Waals surface area contributed by atoms with E-state index in [1.54, 1.807) is 0 Å². The fraction of sp³-hybridized carbons (Fsp3) is 0.143. The summed E-state index contributed by atoms with van der Waals surface area (Å²) in [7, 11) is -2.82. The Hall–Kier alpha value is -2.15. The van der Waals surface area contributed by atoms with Crippen molar-refractivity contribution in [2.24, 2.45) is 0 Å². The molecule has 0 saturated heterocycles. The summed E-state index contributed by atoms with van der Waals surface area (Å²) in [5.41, 5.74) is 2.66. The molecule has 0 aromatic heterocycles. The average Bonchev–Trinajstić information content (AvgIpc) is 2.68. The van der Waals surface area contributed by atoms with Gasteiger partial charge in [0.15, 0.2) is 0 Å². The molecule has 3 heteroatoms. The van der Waals surface area contributed by atoms with Crippen LogP contribution in [0, 0.1) is 0 Å². The van der Waals surface area contributed by atoms with Crippen molar-refractivity contribution < 1.29 is 4.57 Å². The lowest BCUT2D eigenvalue weighted by atomic mass is 10.0. The molecule has 0 fully saturated rings. The minimum atomic E-state index is -2.82. The van der Waals surface area contributed by atoms with E-state index in [9.17, 15) is 4.57 Å². The fourth-order valence-corrected chi connectivity index (χ4v) is 6.29. The summed E-state index contributed by atoms with van der Waals surface area (Å²) in [6.45, 7) is 1.55. The molecule has 2 nitrogen and oxygen atoms in total. The summed E-state index contributed by atoms with van der Waals surface area (Å²) in [6, 6.07) is 28.3. The first kappa shape index (κ1) is 15.4. The number of hydrogen-bond acceptors (Lipinski definition) is 1. The number of benzene rings is 3. The van der Waals surface area contributed by atoms with Crippen molar-refractivity contribution in [1.82, 2.24) is 4.67 Å². The summed E-state index contributed by atoms with van der Waals surface area (Å²) < 4.78 is 16.5. The molecule has 3 aromatic rings. The molecular formula is C21H20NOP. The molecule has 0 aliphatic carbocycles. The Morgan fingerprint density at radius 2 is 1.17 bits per heavy atom. The number of nitrogens with zero attached hydrogens (tertiary/aromatic N) is 1. The van der Waals surface area contributed by atoms with Crippen molar-refractivity contribution in [2.45, 2.75) is 13.0 Å². The Morgan fingerprint density at radius 3 is 1.75 bits per heavy atom. The van der Waals surface area contributed by atoms with Crippen LogP contribution < -0.4 is 10.6 Å². The monoisotopic (exact) mass is 333 g/mol. The van der Waals surface area contributed by atoms with E-state index in [0.29, 0.717) is 0 Å². The van der Waals surface area contributed by atoms with Gasteiger partial charge in [-0.15, -0.1) is 0 Å². The molecule has 1 heterocycles. The molecule has 3 aromatic carbocycles. The normalized spacial score (nSPS) is 15.0. The molecular weight excluding hydrogens is 313 g/mol. The van der Waals surface area contributed by atoms with Crippen molar-refractivity contribution in [3.8, 4) is 0 Å². The Kier molecular flexibility index (Phi) is 4.10. The SMILES string of the molecule is O=P(c1ccccc1)(c1ccccc1)N1CCc2ccccc2C1. The lowest BCUT2D eigenvalue weighted by molar-refractivity contribution is 0.401. The Bertz CT molecular complexity index is 833. The van der Waals surface area contributed by atoms with Gasteiger partial charge in [0.25, 0.3) is 0 Å². The van der Waals surface area contributed by atoms with Gasteiger partial charge in [-0.05, 0) is 41.8 Å². The minimum Gasteiger partial charge on any atom is -0.296 e. The second-order valence-electron chi connectivity index (χ2n) is 6.15. The summed E-state index contributed by atoms with van der Waals surface area (Å²) in [5, 5.41) is 1.83. The molecule has 0 radical (unpaired) electrons. The van der Waals surface area contributed by atoms with Crippen LogP contribution in [-0.4, -0.2) is 11.2 Å². The highest BCUT2D eigenvalue weighted by Gasteiger charge is 2.36. The zero-order valence-corrected chi connectivity index (χ0v) is 14.4. The van der Waals surface area contributed by atoms with E-state index >= 15 is 0 Å². The van der Waals surface area contributed by atoms with E-state index in [4.69, 9.17) is 0 Å². The van der Waals surface area contributed by atoms with Crippen LogP contribution in [0.3, 0.4) is 0 Å². The largest absolute Gasteiger partial charge is 0.296 e. The molecule has 0 spiro atoms. The predicted molar refractivity (Wildman–Crippen MR) is 100 cm³/mol. The van der Waals surface area contributed by atoms with E-state index in [1.165, 1.54) is 11.1 Å². The van der Waals surface area contributed by atoms with Gasteiger partial charge < -0.3 is 0 Å². The van der Waals surface area contributed by atoms with Gasteiger partial charge in [0.2, 0.25) is 7.29 Å². The molecule has 1 aliphatic rings. The highest BCUT2D eigenvalue weighted by atomic mass is 31.2. The molecule has 24 heavy (non-hydrogen) atoms. The van der Waals surface area contributed by atoms with Crippen LogP contribution in [0.5, 0.6) is 0 Å². The van der Waals surface area contributed by atoms with Crippen LogP contribution in [-0.2, 0) is 17.5 Å². The molecule has 0 amide bonds. The van der Waals surface area contributed by atoms with E-state index in [0.717, 1.165) is 30.1 Å². The first-order chi connectivity index (χ1) is 11.8. The summed E-state index contributed by atoms with van der Waals surface area (Å²) >= 11 is 0. The number of fused-ring (bicyclic) bond motifs is 1. The van der Waals surface area contributed by atoms with E-state index in [2.05, 4.69) is 28.9 Å². The van der Waals surface area contributed by atoms with Crippen molar-refractivity contribution in [3.63, 3.8) is 0 Å². The highest BCUT2D eigenvalue weighted by molar-refractivity contribution is 7.76. The van der Waals surface area contributed by atoms with Crippen LogP contribution in [0.15, 0.2) is 84.9 Å². The molecule has 1 aliphatic heterocycles. The van der Waals surface area contributed by atoms with Gasteiger partial charge in [0.1, 0.15) is 0 Å². The quantitative estimate of drug-likeness (QED) is 0.676. The van der Waals surface area contributed by atoms with Crippen LogP contribution in [0.2, 0.25) is 0 Å². The van der Waals surface area contributed by atoms with Gasteiger partial charge in [0, 0.05) is 23.7 Å². The van der Waals surface area contributed by atoms with Crippen LogP contribution in [0.4, 0.5) is 0 Å². The first-order valence-corrected chi connectivity index (χ1v) is 9.98. The van der Waals surface area contributed by atoms with Crippen molar-refractivity contribution in [1.29, 1.82) is 0 Å². The number of rotatable bonds is 3. The van der Waals surface area contributed by atoms with Crippen LogP contribution in [0.25, 0.3) is 0 Å². The third-order valence-corrected chi connectivity index (χ3v) is 7.86. The van der Waals surface area contributed by atoms with E-state index < -0.39 is 7.29 Å². The Balaban J connectivity index is 1.82. The maximum Gasteiger partial charge on any atom is 0.207 e. The third-order valence-electron chi connectivity index (χ3n) is 4.72. The maximum absolute atomic E-state index is 14.3. The van der Waals surface area contributed by atoms with Crippen LogP contribution >= 0.6 is 7.29 Å². The van der Waals surface area contributed by atoms with Crippen molar-refractivity contribution >= 4 is 17.9 Å². The fourth-order valence-electron chi connectivity index (χ4n) is 3.46. The molecule has 0 unspecified atom stereocenters. The van der Waals surface area contributed by atoms with Crippen molar-refractivity contribution in [3.05, 3.63) is 96.1 Å². The zero-order valence-electron chi connectivity index (χ0n) is 13.5. The lowest BCUT2D eigenvalue weighted by Crippen LogP contribution is -2.36. The second-order valence-corrected chi connectivity index (χ2v) is 8.90. The van der Waals surface area contributed by atoms with Gasteiger partial charge in [0.05, 0.1) is 0 Å². The third kappa shape index (κ3) is 2.62. The molecule has 0 atom stereocenters. The van der Waals surface area contributed by atoms with Crippen molar-refractivity contribution in [2.75, 3.05) is 6.54 Å². The van der Waals surface area contributed by atoms with Gasteiger partial charge in [-0.25, -0.2) is 4.67 Å². The maximum atomic E-state index is 14.3. The Morgan fingerprint density at radius 1 is 0.667 bits per heavy atom. The predicted octanol–water partition coefficient (Wildman–Crippen LogP) is 3.97. The second kappa shape index (κ2) is 6.39. The Labute approximate surface area is 143 Å². The average molecular weight is 333 g/mol. The zero-order chi connectivity index (χ0) is 16.4. The van der Waals surface area contributed by atoms with Gasteiger partial charge >= 0.3 is 0 Å². The lowest BCUT2D eigenvalue weighted by Gasteiger charge is -2.36. The van der Waals surface area contributed by atoms with Gasteiger partial charge in [-0.1, -0.05) is 60.7 Å². The summed E-state index contributed by atoms with van der Waals surface area (Å²) in [6.07, 6.45) is 0.944. The summed E-state index contributed by atoms with van der Waals surface area (Å²) in [5.74, 6) is 0. The van der Waals surface area contributed by atoms with E-state index in [1.807, 2.05) is 60.7 Å². The molecule has 0 N–H and O–H groups in total. The smallest absolute Gasteiger partial charge is 0.207 e. The van der Waals surface area contributed by atoms with Gasteiger partial charge in [-0.3, -0.25) is 4.57 Å². The first-order valence-electron chi connectivity index (χ1n) is 8.32. The molecule has 120 valence electrons. The topological polar surface area (TPSA) is 20.3 Å². The minimum absolute atomic E-state index is 0.733. The number of hydrogen-bond donors (Lipinski definition) is 0. The van der Waals surface area contributed by atoms with E-state index in [-0.39, 0.29) is 0 Å².